The van der Waals surface area contributed by atoms with Crippen molar-refractivity contribution in [3.63, 3.8) is 0 Å². The SMILES string of the molecule is N=C(c1ccnc(N2CCOCC2)c1)c1ccncc1N. The third-order valence-electron chi connectivity index (χ3n) is 3.49. The molecule has 0 radical (unpaired) electrons. The van der Waals surface area contributed by atoms with Crippen LogP contribution in [0.25, 0.3) is 0 Å². The van der Waals surface area contributed by atoms with Gasteiger partial charge in [0.2, 0.25) is 0 Å². The van der Waals surface area contributed by atoms with E-state index in [1.54, 1.807) is 24.7 Å². The second-order valence-electron chi connectivity index (χ2n) is 4.84. The van der Waals surface area contributed by atoms with Crippen molar-refractivity contribution in [2.45, 2.75) is 0 Å². The number of rotatable bonds is 3. The molecule has 1 saturated heterocycles. The van der Waals surface area contributed by atoms with Gasteiger partial charge in [0.05, 0.1) is 30.8 Å². The molecule has 6 nitrogen and oxygen atoms in total. The molecule has 0 spiro atoms. The Balaban J connectivity index is 1.89. The number of hydrogen-bond donors (Lipinski definition) is 2. The quantitative estimate of drug-likeness (QED) is 0.829. The highest BCUT2D eigenvalue weighted by Crippen LogP contribution is 2.19. The third-order valence-corrected chi connectivity index (χ3v) is 3.49. The normalized spacial score (nSPS) is 15.0. The molecule has 0 unspecified atom stereocenters. The lowest BCUT2D eigenvalue weighted by Crippen LogP contribution is -2.36. The summed E-state index contributed by atoms with van der Waals surface area (Å²) in [5.41, 5.74) is 8.26. The average molecular weight is 283 g/mol. The number of nitrogen functional groups attached to an aromatic ring is 1. The van der Waals surface area contributed by atoms with Crippen molar-refractivity contribution in [3.8, 4) is 0 Å². The van der Waals surface area contributed by atoms with Crippen molar-refractivity contribution in [3.05, 3.63) is 47.9 Å². The Kier molecular flexibility index (Phi) is 3.79. The second-order valence-corrected chi connectivity index (χ2v) is 4.84. The highest BCUT2D eigenvalue weighted by molar-refractivity contribution is 6.13. The largest absolute Gasteiger partial charge is 0.397 e. The Bertz CT molecular complexity index is 652. The van der Waals surface area contributed by atoms with Gasteiger partial charge in [-0.25, -0.2) is 4.98 Å². The summed E-state index contributed by atoms with van der Waals surface area (Å²) in [5.74, 6) is 0.869. The number of aromatic nitrogens is 2. The molecule has 0 saturated carbocycles. The van der Waals surface area contributed by atoms with E-state index in [1.165, 1.54) is 0 Å². The predicted molar refractivity (Wildman–Crippen MR) is 81.8 cm³/mol. The summed E-state index contributed by atoms with van der Waals surface area (Å²) in [4.78, 5) is 10.5. The smallest absolute Gasteiger partial charge is 0.129 e. The molecule has 0 atom stereocenters. The Morgan fingerprint density at radius 2 is 2.05 bits per heavy atom. The van der Waals surface area contributed by atoms with E-state index >= 15 is 0 Å². The number of nitrogens with two attached hydrogens (primary N) is 1. The van der Waals surface area contributed by atoms with E-state index < -0.39 is 0 Å². The number of pyridine rings is 2. The second kappa shape index (κ2) is 5.88. The highest BCUT2D eigenvalue weighted by atomic mass is 16.5. The molecule has 0 bridgehead atoms. The molecular weight excluding hydrogens is 266 g/mol. The zero-order valence-corrected chi connectivity index (χ0v) is 11.6. The molecule has 1 aliphatic heterocycles. The maximum Gasteiger partial charge on any atom is 0.129 e. The molecule has 1 aliphatic rings. The third kappa shape index (κ3) is 2.85. The molecule has 3 N–H and O–H groups in total. The van der Waals surface area contributed by atoms with E-state index in [9.17, 15) is 0 Å². The molecule has 6 heteroatoms. The lowest BCUT2D eigenvalue weighted by atomic mass is 10.0. The molecule has 3 rings (SSSR count). The van der Waals surface area contributed by atoms with Gasteiger partial charge in [0.25, 0.3) is 0 Å². The number of morpholine rings is 1. The zero-order valence-electron chi connectivity index (χ0n) is 11.6. The first-order valence-corrected chi connectivity index (χ1v) is 6.83. The van der Waals surface area contributed by atoms with Gasteiger partial charge in [-0.2, -0.15) is 0 Å². The summed E-state index contributed by atoms with van der Waals surface area (Å²) in [6.07, 6.45) is 4.93. The molecule has 21 heavy (non-hydrogen) atoms. The fraction of sp³-hybridized carbons (Fsp3) is 0.267. The number of hydrogen-bond acceptors (Lipinski definition) is 6. The van der Waals surface area contributed by atoms with Crippen LogP contribution < -0.4 is 10.6 Å². The predicted octanol–water partition coefficient (Wildman–Crippen LogP) is 1.31. The Hall–Kier alpha value is -2.47. The van der Waals surface area contributed by atoms with Gasteiger partial charge in [-0.3, -0.25) is 10.4 Å². The van der Waals surface area contributed by atoms with E-state index in [1.807, 2.05) is 12.1 Å². The van der Waals surface area contributed by atoms with Crippen LogP contribution in [0.5, 0.6) is 0 Å². The molecule has 2 aromatic rings. The first-order chi connectivity index (χ1) is 10.3. The number of nitrogens with one attached hydrogen (secondary N) is 1. The minimum Gasteiger partial charge on any atom is -0.397 e. The topological polar surface area (TPSA) is 88.1 Å². The van der Waals surface area contributed by atoms with E-state index in [0.717, 1.165) is 24.5 Å². The molecule has 3 heterocycles. The van der Waals surface area contributed by atoms with Crippen molar-refractivity contribution in [2.75, 3.05) is 36.9 Å². The van der Waals surface area contributed by atoms with Crippen molar-refractivity contribution in [2.24, 2.45) is 0 Å². The lowest BCUT2D eigenvalue weighted by Gasteiger charge is -2.28. The van der Waals surface area contributed by atoms with Crippen LogP contribution in [-0.4, -0.2) is 42.0 Å². The molecule has 0 aromatic carbocycles. The Morgan fingerprint density at radius 1 is 1.24 bits per heavy atom. The number of ether oxygens (including phenoxy) is 1. The summed E-state index contributed by atoms with van der Waals surface area (Å²) in [7, 11) is 0. The van der Waals surface area contributed by atoms with Crippen molar-refractivity contribution in [1.29, 1.82) is 5.41 Å². The van der Waals surface area contributed by atoms with E-state index in [-0.39, 0.29) is 0 Å². The van der Waals surface area contributed by atoms with Crippen molar-refractivity contribution < 1.29 is 4.74 Å². The van der Waals surface area contributed by atoms with Crippen LogP contribution in [0.2, 0.25) is 0 Å². The molecular formula is C15H17N5O. The van der Waals surface area contributed by atoms with Crippen LogP contribution in [-0.2, 0) is 4.74 Å². The van der Waals surface area contributed by atoms with Crippen LogP contribution in [0.1, 0.15) is 11.1 Å². The van der Waals surface area contributed by atoms with E-state index in [0.29, 0.717) is 30.2 Å². The monoisotopic (exact) mass is 283 g/mol. The zero-order chi connectivity index (χ0) is 14.7. The van der Waals surface area contributed by atoms with Crippen molar-refractivity contribution >= 4 is 17.2 Å². The van der Waals surface area contributed by atoms with Gasteiger partial charge in [-0.1, -0.05) is 0 Å². The summed E-state index contributed by atoms with van der Waals surface area (Å²) < 4.78 is 5.35. The lowest BCUT2D eigenvalue weighted by molar-refractivity contribution is 0.122. The fourth-order valence-corrected chi connectivity index (χ4v) is 2.33. The average Bonchev–Trinajstić information content (AvgIpc) is 2.56. The van der Waals surface area contributed by atoms with Gasteiger partial charge >= 0.3 is 0 Å². The molecule has 2 aromatic heterocycles. The highest BCUT2D eigenvalue weighted by Gasteiger charge is 2.14. The van der Waals surface area contributed by atoms with E-state index in [2.05, 4.69) is 14.9 Å². The number of nitrogens with zero attached hydrogens (tertiary/aromatic N) is 3. The summed E-state index contributed by atoms with van der Waals surface area (Å²) in [5, 5.41) is 8.34. The van der Waals surface area contributed by atoms with Gasteiger partial charge in [-0.05, 0) is 18.2 Å². The molecule has 108 valence electrons. The maximum atomic E-state index is 8.34. The van der Waals surface area contributed by atoms with Crippen LogP contribution in [0.3, 0.4) is 0 Å². The molecule has 0 aliphatic carbocycles. The van der Waals surface area contributed by atoms with Crippen LogP contribution in [0.15, 0.2) is 36.8 Å². The van der Waals surface area contributed by atoms with Gasteiger partial charge in [0.1, 0.15) is 5.82 Å². The molecule has 1 fully saturated rings. The number of anilines is 2. The standard InChI is InChI=1S/C15H17N5O/c16-13-10-18-3-2-12(13)15(17)11-1-4-19-14(9-11)20-5-7-21-8-6-20/h1-4,9-10,17H,5-8,16H2. The van der Waals surface area contributed by atoms with Gasteiger partial charge < -0.3 is 15.4 Å². The van der Waals surface area contributed by atoms with Crippen molar-refractivity contribution in [1.82, 2.24) is 9.97 Å². The van der Waals surface area contributed by atoms with Gasteiger partial charge in [0.15, 0.2) is 0 Å². The van der Waals surface area contributed by atoms with Gasteiger partial charge in [0, 0.05) is 36.6 Å². The summed E-state index contributed by atoms with van der Waals surface area (Å²) in [6, 6.07) is 5.51. The Morgan fingerprint density at radius 3 is 2.81 bits per heavy atom. The van der Waals surface area contributed by atoms with E-state index in [4.69, 9.17) is 15.9 Å². The molecule has 0 amide bonds. The van der Waals surface area contributed by atoms with Crippen LogP contribution >= 0.6 is 0 Å². The summed E-state index contributed by atoms with van der Waals surface area (Å²) >= 11 is 0. The van der Waals surface area contributed by atoms with Crippen LogP contribution in [0.4, 0.5) is 11.5 Å². The first-order valence-electron chi connectivity index (χ1n) is 6.83. The van der Waals surface area contributed by atoms with Gasteiger partial charge in [-0.15, -0.1) is 0 Å². The maximum absolute atomic E-state index is 8.34. The van der Waals surface area contributed by atoms with Crippen LogP contribution in [0, 0.1) is 5.41 Å². The fourth-order valence-electron chi connectivity index (χ4n) is 2.33. The minimum atomic E-state index is 0.381. The minimum absolute atomic E-state index is 0.381. The first kappa shape index (κ1) is 13.5. The Labute approximate surface area is 123 Å². The summed E-state index contributed by atoms with van der Waals surface area (Å²) in [6.45, 7) is 3.06.